The van der Waals surface area contributed by atoms with E-state index in [2.05, 4.69) is 13.8 Å². The molecule has 2 nitrogen and oxygen atoms in total. The van der Waals surface area contributed by atoms with Crippen LogP contribution in [0.1, 0.15) is 38.7 Å². The lowest BCUT2D eigenvalue weighted by atomic mass is 9.82. The second-order valence-electron chi connectivity index (χ2n) is 5.55. The zero-order chi connectivity index (χ0) is 13.1. The third-order valence-electron chi connectivity index (χ3n) is 3.58. The van der Waals surface area contributed by atoms with Crippen molar-refractivity contribution in [2.24, 2.45) is 17.6 Å². The van der Waals surface area contributed by atoms with Crippen LogP contribution in [0.3, 0.4) is 0 Å². The Bertz CT molecular complexity index is 405. The van der Waals surface area contributed by atoms with Crippen molar-refractivity contribution in [3.63, 3.8) is 0 Å². The quantitative estimate of drug-likeness (QED) is 0.847. The number of thiocarbonyl (C=S) groups is 1. The van der Waals surface area contributed by atoms with Crippen LogP contribution in [0, 0.1) is 11.8 Å². The molecule has 2 unspecified atom stereocenters. The number of ether oxygens (including phenoxy) is 1. The molecule has 0 spiro atoms. The van der Waals surface area contributed by atoms with E-state index in [1.54, 1.807) is 0 Å². The summed E-state index contributed by atoms with van der Waals surface area (Å²) in [5.74, 6) is 2.44. The minimum Gasteiger partial charge on any atom is -0.490 e. The van der Waals surface area contributed by atoms with Crippen molar-refractivity contribution in [1.29, 1.82) is 0 Å². The average molecular weight is 263 g/mol. The fraction of sp³-hybridized carbons (Fsp3) is 0.533. The molecular weight excluding hydrogens is 242 g/mol. The normalized spacial score (nSPS) is 27.8. The molecule has 0 saturated heterocycles. The molecule has 1 aliphatic rings. The summed E-state index contributed by atoms with van der Waals surface area (Å²) in [4.78, 5) is 0.432. The zero-order valence-electron chi connectivity index (χ0n) is 11.1. The number of nitrogens with two attached hydrogens (primary N) is 1. The summed E-state index contributed by atoms with van der Waals surface area (Å²) < 4.78 is 6.05. The van der Waals surface area contributed by atoms with Gasteiger partial charge in [-0.05, 0) is 55.4 Å². The molecule has 0 aromatic heterocycles. The summed E-state index contributed by atoms with van der Waals surface area (Å²) in [6, 6.07) is 7.76. The van der Waals surface area contributed by atoms with E-state index >= 15 is 0 Å². The summed E-state index contributed by atoms with van der Waals surface area (Å²) in [6.45, 7) is 4.62. The van der Waals surface area contributed by atoms with Crippen LogP contribution < -0.4 is 10.5 Å². The monoisotopic (exact) mass is 263 g/mol. The third-order valence-corrected chi connectivity index (χ3v) is 3.81. The summed E-state index contributed by atoms with van der Waals surface area (Å²) in [5.41, 5.74) is 6.47. The molecule has 18 heavy (non-hydrogen) atoms. The van der Waals surface area contributed by atoms with Crippen molar-refractivity contribution >= 4 is 17.2 Å². The molecule has 0 radical (unpaired) electrons. The molecule has 1 aliphatic carbocycles. The largest absolute Gasteiger partial charge is 0.490 e. The van der Waals surface area contributed by atoms with Crippen LogP contribution in [0.4, 0.5) is 0 Å². The van der Waals surface area contributed by atoms with Crippen LogP contribution in [0.5, 0.6) is 5.75 Å². The molecule has 0 aliphatic heterocycles. The van der Waals surface area contributed by atoms with Gasteiger partial charge in [0.15, 0.2) is 0 Å². The highest BCUT2D eigenvalue weighted by atomic mass is 32.1. The topological polar surface area (TPSA) is 35.2 Å². The Kier molecular flexibility index (Phi) is 4.23. The molecule has 1 aromatic carbocycles. The maximum atomic E-state index is 6.05. The van der Waals surface area contributed by atoms with Gasteiger partial charge in [0.1, 0.15) is 10.7 Å². The maximum absolute atomic E-state index is 6.05. The van der Waals surface area contributed by atoms with E-state index in [1.807, 2.05) is 24.3 Å². The molecule has 1 fully saturated rings. The molecule has 0 bridgehead atoms. The van der Waals surface area contributed by atoms with Gasteiger partial charge < -0.3 is 10.5 Å². The smallest absolute Gasteiger partial charge is 0.119 e. The Labute approximate surface area is 115 Å². The molecule has 1 aromatic rings. The molecule has 1 saturated carbocycles. The maximum Gasteiger partial charge on any atom is 0.119 e. The SMILES string of the molecule is CC1CC(C)CC(Oc2ccc(C(N)=S)cc2)C1. The van der Waals surface area contributed by atoms with Crippen LogP contribution in [0.15, 0.2) is 24.3 Å². The van der Waals surface area contributed by atoms with E-state index in [1.165, 1.54) is 6.42 Å². The van der Waals surface area contributed by atoms with Crippen LogP contribution in [-0.4, -0.2) is 11.1 Å². The van der Waals surface area contributed by atoms with E-state index in [9.17, 15) is 0 Å². The van der Waals surface area contributed by atoms with Gasteiger partial charge in [0.2, 0.25) is 0 Å². The van der Waals surface area contributed by atoms with Gasteiger partial charge in [-0.2, -0.15) is 0 Å². The summed E-state index contributed by atoms with van der Waals surface area (Å²) in [7, 11) is 0. The summed E-state index contributed by atoms with van der Waals surface area (Å²) >= 11 is 4.93. The fourth-order valence-corrected chi connectivity index (χ4v) is 3.00. The van der Waals surface area contributed by atoms with Gasteiger partial charge in [-0.1, -0.05) is 26.1 Å². The first kappa shape index (κ1) is 13.3. The first-order valence-electron chi connectivity index (χ1n) is 6.61. The minimum absolute atomic E-state index is 0.347. The Hall–Kier alpha value is -1.09. The van der Waals surface area contributed by atoms with E-state index in [-0.39, 0.29) is 0 Å². The molecule has 0 heterocycles. The number of benzene rings is 1. The highest BCUT2D eigenvalue weighted by Gasteiger charge is 2.25. The van der Waals surface area contributed by atoms with E-state index in [0.29, 0.717) is 11.1 Å². The van der Waals surface area contributed by atoms with Gasteiger partial charge >= 0.3 is 0 Å². The fourth-order valence-electron chi connectivity index (χ4n) is 2.86. The van der Waals surface area contributed by atoms with Crippen molar-refractivity contribution in [3.05, 3.63) is 29.8 Å². The molecule has 2 rings (SSSR count). The molecule has 3 heteroatoms. The first-order chi connectivity index (χ1) is 8.54. The Balaban J connectivity index is 1.98. The second kappa shape index (κ2) is 5.70. The van der Waals surface area contributed by atoms with Gasteiger partial charge in [0, 0.05) is 5.56 Å². The van der Waals surface area contributed by atoms with Crippen molar-refractivity contribution in [2.45, 2.75) is 39.2 Å². The zero-order valence-corrected chi connectivity index (χ0v) is 11.9. The summed E-state index contributed by atoms with van der Waals surface area (Å²) in [5, 5.41) is 0. The highest BCUT2D eigenvalue weighted by molar-refractivity contribution is 7.80. The Morgan fingerprint density at radius 2 is 1.67 bits per heavy atom. The van der Waals surface area contributed by atoms with Crippen molar-refractivity contribution < 1.29 is 4.74 Å². The van der Waals surface area contributed by atoms with E-state index in [0.717, 1.165) is 36.0 Å². The van der Waals surface area contributed by atoms with E-state index < -0.39 is 0 Å². The Morgan fingerprint density at radius 3 is 2.17 bits per heavy atom. The Morgan fingerprint density at radius 1 is 1.11 bits per heavy atom. The standard InChI is InChI=1S/C15H21NOS/c1-10-7-11(2)9-14(8-10)17-13-5-3-12(4-6-13)15(16)18/h3-6,10-11,14H,7-9H2,1-2H3,(H2,16,18). The van der Waals surface area contributed by atoms with Crippen LogP contribution in [-0.2, 0) is 0 Å². The number of hydrogen-bond donors (Lipinski definition) is 1. The lowest BCUT2D eigenvalue weighted by Gasteiger charge is -2.31. The van der Waals surface area contributed by atoms with E-state index in [4.69, 9.17) is 22.7 Å². The van der Waals surface area contributed by atoms with Crippen LogP contribution in [0.2, 0.25) is 0 Å². The van der Waals surface area contributed by atoms with Gasteiger partial charge in [-0.3, -0.25) is 0 Å². The van der Waals surface area contributed by atoms with Gasteiger partial charge in [-0.25, -0.2) is 0 Å². The minimum atomic E-state index is 0.347. The predicted molar refractivity (Wildman–Crippen MR) is 78.9 cm³/mol. The molecule has 2 atom stereocenters. The molecule has 2 N–H and O–H groups in total. The first-order valence-corrected chi connectivity index (χ1v) is 7.02. The lowest BCUT2D eigenvalue weighted by Crippen LogP contribution is -2.28. The highest BCUT2D eigenvalue weighted by Crippen LogP contribution is 2.31. The molecular formula is C15H21NOS. The second-order valence-corrected chi connectivity index (χ2v) is 5.99. The van der Waals surface area contributed by atoms with Gasteiger partial charge in [-0.15, -0.1) is 0 Å². The van der Waals surface area contributed by atoms with Crippen LogP contribution >= 0.6 is 12.2 Å². The third kappa shape index (κ3) is 3.45. The predicted octanol–water partition coefficient (Wildman–Crippen LogP) is 3.52. The lowest BCUT2D eigenvalue weighted by molar-refractivity contribution is 0.101. The van der Waals surface area contributed by atoms with Gasteiger partial charge in [0.05, 0.1) is 6.10 Å². The van der Waals surface area contributed by atoms with Crippen molar-refractivity contribution in [2.75, 3.05) is 0 Å². The number of hydrogen-bond acceptors (Lipinski definition) is 2. The number of rotatable bonds is 3. The average Bonchev–Trinajstić information content (AvgIpc) is 2.28. The van der Waals surface area contributed by atoms with Crippen molar-refractivity contribution in [3.8, 4) is 5.75 Å². The summed E-state index contributed by atoms with van der Waals surface area (Å²) in [6.07, 6.45) is 3.97. The van der Waals surface area contributed by atoms with Crippen molar-refractivity contribution in [1.82, 2.24) is 0 Å². The molecule has 0 amide bonds. The molecule has 98 valence electrons. The van der Waals surface area contributed by atoms with Crippen LogP contribution in [0.25, 0.3) is 0 Å². The van der Waals surface area contributed by atoms with Gasteiger partial charge in [0.25, 0.3) is 0 Å².